The van der Waals surface area contributed by atoms with Gasteiger partial charge < -0.3 is 20.3 Å². The van der Waals surface area contributed by atoms with Crippen molar-refractivity contribution in [2.45, 2.75) is 64.1 Å². The van der Waals surface area contributed by atoms with E-state index in [1.807, 2.05) is 39.1 Å². The highest BCUT2D eigenvalue weighted by molar-refractivity contribution is 5.83. The molecule has 1 aliphatic carbocycles. The monoisotopic (exact) mass is 411 g/mol. The Bertz CT molecular complexity index is 939. The van der Waals surface area contributed by atoms with E-state index < -0.39 is 0 Å². The number of nitrogens with one attached hydrogen (secondary N) is 3. The number of ether oxygens (including phenoxy) is 1. The minimum Gasteiger partial charge on any atom is -0.446 e. The number of H-pyrrole nitrogens is 1. The standard InChI is InChI=1S/C22H29N5O3/c1-13(2)23-22(29)30-16-8-7-14(9-16)19-11-20(26-25-19)24-18-6-4-5-15-12-27(3)21(28)10-17(15)18/h4-6,11,13-14,16H,7-10,12H2,1-3H3,(H,23,29)(H2,24,25,26)/t14-,16?/m0/s1. The summed E-state index contributed by atoms with van der Waals surface area (Å²) in [7, 11) is 1.83. The minimum atomic E-state index is -0.350. The maximum absolute atomic E-state index is 12.1. The lowest BCUT2D eigenvalue weighted by atomic mass is 9.97. The van der Waals surface area contributed by atoms with Crippen molar-refractivity contribution in [3.63, 3.8) is 0 Å². The number of likely N-dealkylation sites (N-methyl/N-ethyl adjacent to an activating group) is 1. The van der Waals surface area contributed by atoms with Gasteiger partial charge in [-0.2, -0.15) is 5.10 Å². The van der Waals surface area contributed by atoms with Crippen molar-refractivity contribution in [2.24, 2.45) is 0 Å². The zero-order valence-corrected chi connectivity index (χ0v) is 17.7. The van der Waals surface area contributed by atoms with Crippen molar-refractivity contribution in [1.29, 1.82) is 0 Å². The summed E-state index contributed by atoms with van der Waals surface area (Å²) in [4.78, 5) is 25.7. The van der Waals surface area contributed by atoms with Crippen LogP contribution in [0.2, 0.25) is 0 Å². The molecule has 1 saturated carbocycles. The van der Waals surface area contributed by atoms with Gasteiger partial charge in [0, 0.05) is 43.0 Å². The Morgan fingerprint density at radius 3 is 2.97 bits per heavy atom. The average molecular weight is 412 g/mol. The van der Waals surface area contributed by atoms with Gasteiger partial charge in [-0.1, -0.05) is 12.1 Å². The molecule has 2 aromatic rings. The summed E-state index contributed by atoms with van der Waals surface area (Å²) in [6, 6.07) is 8.12. The van der Waals surface area contributed by atoms with Crippen LogP contribution in [0.3, 0.4) is 0 Å². The molecule has 4 rings (SSSR count). The number of carbonyl (C=O) groups excluding carboxylic acids is 2. The van der Waals surface area contributed by atoms with E-state index in [1.165, 1.54) is 0 Å². The molecule has 2 heterocycles. The van der Waals surface area contributed by atoms with Crippen molar-refractivity contribution >= 4 is 23.5 Å². The Kier molecular flexibility index (Phi) is 5.65. The number of alkyl carbamates (subject to hydrolysis) is 1. The fourth-order valence-corrected chi connectivity index (χ4v) is 4.24. The van der Waals surface area contributed by atoms with Gasteiger partial charge in [0.1, 0.15) is 6.10 Å². The highest BCUT2D eigenvalue weighted by atomic mass is 16.6. The number of amides is 2. The number of carbonyl (C=O) groups is 2. The van der Waals surface area contributed by atoms with Crippen LogP contribution >= 0.6 is 0 Å². The van der Waals surface area contributed by atoms with Gasteiger partial charge in [0.05, 0.1) is 6.42 Å². The maximum atomic E-state index is 12.1. The quantitative estimate of drug-likeness (QED) is 0.700. The summed E-state index contributed by atoms with van der Waals surface area (Å²) in [5, 5.41) is 13.7. The van der Waals surface area contributed by atoms with Crippen molar-refractivity contribution in [2.75, 3.05) is 12.4 Å². The first-order chi connectivity index (χ1) is 14.4. The van der Waals surface area contributed by atoms with E-state index in [0.717, 1.165) is 47.6 Å². The topological polar surface area (TPSA) is 99.3 Å². The minimum absolute atomic E-state index is 0.0652. The first kappa shape index (κ1) is 20.3. The molecule has 160 valence electrons. The second-order valence-electron chi connectivity index (χ2n) is 8.54. The third-order valence-electron chi connectivity index (χ3n) is 5.80. The lowest BCUT2D eigenvalue weighted by Gasteiger charge is -2.26. The van der Waals surface area contributed by atoms with Gasteiger partial charge in [0.25, 0.3) is 0 Å². The van der Waals surface area contributed by atoms with Crippen LogP contribution in [0.5, 0.6) is 0 Å². The highest BCUT2D eigenvalue weighted by Crippen LogP contribution is 2.36. The van der Waals surface area contributed by atoms with E-state index in [9.17, 15) is 9.59 Å². The molecule has 1 aromatic carbocycles. The van der Waals surface area contributed by atoms with E-state index in [1.54, 1.807) is 4.90 Å². The van der Waals surface area contributed by atoms with Gasteiger partial charge in [0.15, 0.2) is 5.82 Å². The molecule has 30 heavy (non-hydrogen) atoms. The number of rotatable bonds is 5. The Morgan fingerprint density at radius 2 is 2.17 bits per heavy atom. The van der Waals surface area contributed by atoms with Crippen LogP contribution in [-0.4, -0.2) is 46.3 Å². The second kappa shape index (κ2) is 8.38. The van der Waals surface area contributed by atoms with Gasteiger partial charge in [0.2, 0.25) is 5.91 Å². The summed E-state index contributed by atoms with van der Waals surface area (Å²) in [5.74, 6) is 1.13. The SMILES string of the molecule is CC(C)NC(=O)OC1CC[C@H](c2cc(Nc3cccc4c3CC(=O)N(C)C4)n[nH]2)C1. The van der Waals surface area contributed by atoms with Crippen LogP contribution < -0.4 is 10.6 Å². The molecular formula is C22H29N5O3. The normalized spacial score (nSPS) is 20.9. The predicted molar refractivity (Wildman–Crippen MR) is 114 cm³/mol. The Balaban J connectivity index is 1.40. The van der Waals surface area contributed by atoms with Crippen LogP contribution in [0.25, 0.3) is 0 Å². The number of hydrogen-bond acceptors (Lipinski definition) is 5. The molecule has 1 unspecified atom stereocenters. The van der Waals surface area contributed by atoms with Crippen LogP contribution in [0.1, 0.15) is 55.8 Å². The average Bonchev–Trinajstić information content (AvgIpc) is 3.32. The van der Waals surface area contributed by atoms with Gasteiger partial charge in [-0.25, -0.2) is 4.79 Å². The molecule has 0 radical (unpaired) electrons. The Morgan fingerprint density at radius 1 is 1.33 bits per heavy atom. The van der Waals surface area contributed by atoms with Crippen LogP contribution in [0.15, 0.2) is 24.3 Å². The van der Waals surface area contributed by atoms with Crippen LogP contribution in [0.4, 0.5) is 16.3 Å². The molecule has 3 N–H and O–H groups in total. The first-order valence-electron chi connectivity index (χ1n) is 10.5. The van der Waals surface area contributed by atoms with Gasteiger partial charge >= 0.3 is 6.09 Å². The van der Waals surface area contributed by atoms with Crippen LogP contribution in [-0.2, 0) is 22.5 Å². The summed E-state index contributed by atoms with van der Waals surface area (Å²) < 4.78 is 5.52. The fraction of sp³-hybridized carbons (Fsp3) is 0.500. The molecule has 2 aliphatic rings. The summed E-state index contributed by atoms with van der Waals surface area (Å²) in [6.07, 6.45) is 2.55. The summed E-state index contributed by atoms with van der Waals surface area (Å²) >= 11 is 0. The highest BCUT2D eigenvalue weighted by Gasteiger charge is 2.30. The molecule has 2 amide bonds. The summed E-state index contributed by atoms with van der Waals surface area (Å²) in [5.41, 5.74) is 4.16. The third kappa shape index (κ3) is 4.42. The van der Waals surface area contributed by atoms with E-state index in [4.69, 9.17) is 4.74 Å². The zero-order valence-electron chi connectivity index (χ0n) is 17.7. The molecule has 1 aromatic heterocycles. The number of hydrogen-bond donors (Lipinski definition) is 3. The van der Waals surface area contributed by atoms with Crippen LogP contribution in [0, 0.1) is 0 Å². The van der Waals surface area contributed by atoms with E-state index in [0.29, 0.717) is 13.0 Å². The number of nitrogens with zero attached hydrogens (tertiary/aromatic N) is 2. The number of benzene rings is 1. The lowest BCUT2D eigenvalue weighted by molar-refractivity contribution is -0.130. The second-order valence-corrected chi connectivity index (χ2v) is 8.54. The Labute approximate surface area is 176 Å². The molecule has 8 heteroatoms. The smallest absolute Gasteiger partial charge is 0.407 e. The van der Waals surface area contributed by atoms with Gasteiger partial charge in [-0.05, 0) is 50.3 Å². The van der Waals surface area contributed by atoms with E-state index in [-0.39, 0.29) is 30.1 Å². The number of anilines is 2. The number of aromatic amines is 1. The largest absolute Gasteiger partial charge is 0.446 e. The van der Waals surface area contributed by atoms with Gasteiger partial charge in [-0.15, -0.1) is 0 Å². The first-order valence-corrected chi connectivity index (χ1v) is 10.5. The molecule has 8 nitrogen and oxygen atoms in total. The Hall–Kier alpha value is -3.03. The maximum Gasteiger partial charge on any atom is 0.407 e. The van der Waals surface area contributed by atoms with Crippen molar-refractivity contribution in [3.05, 3.63) is 41.1 Å². The van der Waals surface area contributed by atoms with E-state index >= 15 is 0 Å². The number of fused-ring (bicyclic) bond motifs is 1. The zero-order chi connectivity index (χ0) is 21.3. The van der Waals surface area contributed by atoms with E-state index in [2.05, 4.69) is 26.9 Å². The molecule has 0 bridgehead atoms. The number of aromatic nitrogens is 2. The molecule has 1 aliphatic heterocycles. The predicted octanol–water partition coefficient (Wildman–Crippen LogP) is 3.44. The molecule has 0 spiro atoms. The van der Waals surface area contributed by atoms with Gasteiger partial charge in [-0.3, -0.25) is 9.89 Å². The molecule has 0 saturated heterocycles. The van der Waals surface area contributed by atoms with Crippen molar-refractivity contribution in [1.82, 2.24) is 20.4 Å². The molecule has 2 atom stereocenters. The fourth-order valence-electron chi connectivity index (χ4n) is 4.24. The lowest BCUT2D eigenvalue weighted by Crippen LogP contribution is -2.33. The molecule has 1 fully saturated rings. The summed E-state index contributed by atoms with van der Waals surface area (Å²) in [6.45, 7) is 4.45. The van der Waals surface area contributed by atoms with Crippen molar-refractivity contribution in [3.8, 4) is 0 Å². The third-order valence-corrected chi connectivity index (χ3v) is 5.80. The van der Waals surface area contributed by atoms with Crippen molar-refractivity contribution < 1.29 is 14.3 Å². The molecular weight excluding hydrogens is 382 g/mol.